The highest BCUT2D eigenvalue weighted by Gasteiger charge is 2.28. The van der Waals surface area contributed by atoms with Crippen molar-refractivity contribution in [1.82, 2.24) is 0 Å². The molecular formula is C17H12OS. The zero-order valence-electron chi connectivity index (χ0n) is 10.3. The molecule has 0 N–H and O–H groups in total. The third kappa shape index (κ3) is 1.61. The molecule has 92 valence electrons. The number of rotatable bonds is 0. The van der Waals surface area contributed by atoms with E-state index in [1.807, 2.05) is 36.4 Å². The van der Waals surface area contributed by atoms with E-state index in [2.05, 4.69) is 24.3 Å². The summed E-state index contributed by atoms with van der Waals surface area (Å²) in [6.45, 7) is 0. The zero-order valence-corrected chi connectivity index (χ0v) is 11.1. The highest BCUT2D eigenvalue weighted by atomic mass is 32.2. The van der Waals surface area contributed by atoms with Gasteiger partial charge in [0.1, 0.15) is 0 Å². The fraction of sp³-hybridized carbons (Fsp3) is 0.0588. The van der Waals surface area contributed by atoms with Crippen LogP contribution in [0.15, 0.2) is 70.5 Å². The van der Waals surface area contributed by atoms with Gasteiger partial charge in [0.2, 0.25) is 0 Å². The van der Waals surface area contributed by atoms with Crippen molar-refractivity contribution >= 4 is 21.9 Å². The Bertz CT molecular complexity index is 779. The summed E-state index contributed by atoms with van der Waals surface area (Å²) >= 11 is -1.05. The van der Waals surface area contributed by atoms with Gasteiger partial charge < -0.3 is 4.55 Å². The molecule has 1 atom stereocenters. The summed E-state index contributed by atoms with van der Waals surface area (Å²) in [5.74, 6) is 0. The number of hydrogen-bond donors (Lipinski definition) is 0. The topological polar surface area (TPSA) is 23.1 Å². The van der Waals surface area contributed by atoms with Crippen molar-refractivity contribution in [1.29, 1.82) is 0 Å². The average Bonchev–Trinajstić information content (AvgIpc) is 2.47. The molecule has 1 unspecified atom stereocenters. The molecule has 19 heavy (non-hydrogen) atoms. The molecule has 0 radical (unpaired) electrons. The quantitative estimate of drug-likeness (QED) is 0.564. The Morgan fingerprint density at radius 2 is 1.58 bits per heavy atom. The second kappa shape index (κ2) is 4.12. The van der Waals surface area contributed by atoms with E-state index in [0.717, 1.165) is 16.2 Å². The van der Waals surface area contributed by atoms with Crippen LogP contribution >= 0.6 is 0 Å². The van der Waals surface area contributed by atoms with Crippen molar-refractivity contribution in [2.45, 2.75) is 16.2 Å². The monoisotopic (exact) mass is 264 g/mol. The van der Waals surface area contributed by atoms with Crippen LogP contribution in [0, 0.1) is 0 Å². The van der Waals surface area contributed by atoms with Crippen LogP contribution in [-0.2, 0) is 17.6 Å². The maximum absolute atomic E-state index is 12.7. The molecule has 1 aliphatic rings. The summed E-state index contributed by atoms with van der Waals surface area (Å²) in [6.07, 6.45) is 0.874. The van der Waals surface area contributed by atoms with Gasteiger partial charge >= 0.3 is 0 Å². The van der Waals surface area contributed by atoms with Gasteiger partial charge in [-0.2, -0.15) is 0 Å². The Morgan fingerprint density at radius 1 is 0.789 bits per heavy atom. The van der Waals surface area contributed by atoms with E-state index in [4.69, 9.17) is 0 Å². The van der Waals surface area contributed by atoms with E-state index in [1.54, 1.807) is 0 Å². The molecule has 0 saturated heterocycles. The van der Waals surface area contributed by atoms with E-state index >= 15 is 0 Å². The predicted molar refractivity (Wildman–Crippen MR) is 77.9 cm³/mol. The number of fused-ring (bicyclic) bond motifs is 4. The lowest BCUT2D eigenvalue weighted by Gasteiger charge is -2.22. The highest BCUT2D eigenvalue weighted by molar-refractivity contribution is 7.91. The van der Waals surface area contributed by atoms with Gasteiger partial charge in [-0.05, 0) is 29.0 Å². The SMILES string of the molecule is [O-][S+]1c2ccccc2Cc2c1ccc1ccccc21. The summed E-state index contributed by atoms with van der Waals surface area (Å²) < 4.78 is 12.7. The Morgan fingerprint density at radius 3 is 2.53 bits per heavy atom. The third-order valence-electron chi connectivity index (χ3n) is 3.74. The molecule has 0 aliphatic carbocycles. The molecule has 2 heteroatoms. The summed E-state index contributed by atoms with van der Waals surface area (Å²) in [6, 6.07) is 20.5. The van der Waals surface area contributed by atoms with Crippen LogP contribution in [0.25, 0.3) is 10.8 Å². The molecule has 3 aromatic rings. The van der Waals surface area contributed by atoms with Crippen LogP contribution in [0.3, 0.4) is 0 Å². The minimum atomic E-state index is -1.05. The van der Waals surface area contributed by atoms with E-state index in [1.165, 1.54) is 21.9 Å². The second-order valence-corrected chi connectivity index (χ2v) is 6.23. The molecule has 0 saturated carbocycles. The molecular weight excluding hydrogens is 252 g/mol. The smallest absolute Gasteiger partial charge is 0.162 e. The number of hydrogen-bond acceptors (Lipinski definition) is 1. The summed E-state index contributed by atoms with van der Waals surface area (Å²) in [7, 11) is 0. The maximum Gasteiger partial charge on any atom is 0.162 e. The lowest BCUT2D eigenvalue weighted by atomic mass is 9.98. The average molecular weight is 264 g/mol. The molecule has 0 fully saturated rings. The fourth-order valence-corrected chi connectivity index (χ4v) is 4.23. The Balaban J connectivity index is 2.02. The molecule has 1 heterocycles. The van der Waals surface area contributed by atoms with Gasteiger partial charge in [-0.3, -0.25) is 0 Å². The van der Waals surface area contributed by atoms with Crippen LogP contribution < -0.4 is 0 Å². The molecule has 0 amide bonds. The lowest BCUT2D eigenvalue weighted by Crippen LogP contribution is -2.14. The highest BCUT2D eigenvalue weighted by Crippen LogP contribution is 2.37. The van der Waals surface area contributed by atoms with Crippen LogP contribution in [0.5, 0.6) is 0 Å². The van der Waals surface area contributed by atoms with Crippen LogP contribution in [0.2, 0.25) is 0 Å². The van der Waals surface area contributed by atoms with Crippen molar-refractivity contribution in [2.24, 2.45) is 0 Å². The van der Waals surface area contributed by atoms with Gasteiger partial charge in [0.25, 0.3) is 0 Å². The molecule has 0 bridgehead atoms. The van der Waals surface area contributed by atoms with Crippen molar-refractivity contribution < 1.29 is 4.55 Å². The first-order chi connectivity index (χ1) is 9.34. The minimum absolute atomic E-state index is 0.874. The van der Waals surface area contributed by atoms with Gasteiger partial charge in [0, 0.05) is 28.7 Å². The summed E-state index contributed by atoms with van der Waals surface area (Å²) in [5.41, 5.74) is 2.40. The standard InChI is InChI=1S/C17H12OS/c18-19-16-8-4-2-6-13(16)11-15-14-7-3-1-5-12(14)9-10-17(15)19/h1-10H,11H2. The van der Waals surface area contributed by atoms with E-state index in [0.29, 0.717) is 0 Å². The first kappa shape index (κ1) is 11.1. The van der Waals surface area contributed by atoms with Gasteiger partial charge in [0.15, 0.2) is 9.79 Å². The van der Waals surface area contributed by atoms with Gasteiger partial charge in [-0.15, -0.1) is 0 Å². The molecule has 3 aromatic carbocycles. The van der Waals surface area contributed by atoms with Crippen molar-refractivity contribution in [3.8, 4) is 0 Å². The van der Waals surface area contributed by atoms with Crippen LogP contribution in [0.1, 0.15) is 11.1 Å². The first-order valence-electron chi connectivity index (χ1n) is 6.35. The maximum atomic E-state index is 12.7. The van der Waals surface area contributed by atoms with Gasteiger partial charge in [0.05, 0.1) is 0 Å². The second-order valence-electron chi connectivity index (χ2n) is 4.82. The summed E-state index contributed by atoms with van der Waals surface area (Å²) in [4.78, 5) is 1.93. The molecule has 4 rings (SSSR count). The van der Waals surface area contributed by atoms with Crippen LogP contribution in [-0.4, -0.2) is 4.55 Å². The summed E-state index contributed by atoms with van der Waals surface area (Å²) in [5, 5.41) is 2.44. The number of benzene rings is 3. The van der Waals surface area contributed by atoms with Crippen LogP contribution in [0.4, 0.5) is 0 Å². The Kier molecular flexibility index (Phi) is 2.40. The fourth-order valence-electron chi connectivity index (χ4n) is 2.81. The zero-order chi connectivity index (χ0) is 12.8. The van der Waals surface area contributed by atoms with Gasteiger partial charge in [-0.25, -0.2) is 0 Å². The van der Waals surface area contributed by atoms with E-state index < -0.39 is 11.2 Å². The minimum Gasteiger partial charge on any atom is -0.606 e. The van der Waals surface area contributed by atoms with Crippen molar-refractivity contribution in [2.75, 3.05) is 0 Å². The van der Waals surface area contributed by atoms with E-state index in [9.17, 15) is 4.55 Å². The predicted octanol–water partition coefficient (Wildman–Crippen LogP) is 3.91. The molecule has 1 nitrogen and oxygen atoms in total. The third-order valence-corrected chi connectivity index (χ3v) is 5.32. The van der Waals surface area contributed by atoms with Crippen molar-refractivity contribution in [3.63, 3.8) is 0 Å². The molecule has 0 spiro atoms. The Hall–Kier alpha value is -1.77. The normalized spacial score (nSPS) is 17.0. The molecule has 1 aliphatic heterocycles. The van der Waals surface area contributed by atoms with E-state index in [-0.39, 0.29) is 0 Å². The van der Waals surface area contributed by atoms with Crippen molar-refractivity contribution in [3.05, 3.63) is 71.8 Å². The Labute approximate surface area is 115 Å². The largest absolute Gasteiger partial charge is 0.606 e. The van der Waals surface area contributed by atoms with Gasteiger partial charge in [-0.1, -0.05) is 42.5 Å². The molecule has 0 aromatic heterocycles. The lowest BCUT2D eigenvalue weighted by molar-refractivity contribution is 0.591. The first-order valence-corrected chi connectivity index (χ1v) is 7.50.